The molecule has 0 unspecified atom stereocenters. The summed E-state index contributed by atoms with van der Waals surface area (Å²) in [6.07, 6.45) is 2.90. The summed E-state index contributed by atoms with van der Waals surface area (Å²) < 4.78 is 38.1. The van der Waals surface area contributed by atoms with Gasteiger partial charge in [-0.3, -0.25) is 4.79 Å². The maximum atomic E-state index is 12.5. The Balaban J connectivity index is 0.00000392. The minimum absolute atomic E-state index is 0. The molecule has 1 amide bonds. The van der Waals surface area contributed by atoms with Gasteiger partial charge in [0.2, 0.25) is 15.9 Å². The highest BCUT2D eigenvalue weighted by Gasteiger charge is 2.18. The van der Waals surface area contributed by atoms with E-state index in [4.69, 9.17) is 9.47 Å². The van der Waals surface area contributed by atoms with Crippen LogP contribution in [0.2, 0.25) is 0 Å². The van der Waals surface area contributed by atoms with E-state index in [1.54, 1.807) is 13.0 Å². The molecule has 3 N–H and O–H groups in total. The van der Waals surface area contributed by atoms with Crippen molar-refractivity contribution in [2.24, 2.45) is 0 Å². The van der Waals surface area contributed by atoms with E-state index < -0.39 is 10.0 Å². The highest BCUT2D eigenvalue weighted by atomic mass is 35.5. The monoisotopic (exact) mass is 433 g/mol. The van der Waals surface area contributed by atoms with Crippen molar-refractivity contribution in [3.8, 4) is 11.5 Å². The van der Waals surface area contributed by atoms with E-state index in [0.29, 0.717) is 31.3 Å². The SMILES string of the molecule is CCOc1ccc(S(=O)(=O)NCC(=O)NCC2=CCNCC2)cc1OCC.Cl. The molecule has 1 aliphatic rings. The van der Waals surface area contributed by atoms with Gasteiger partial charge in [-0.15, -0.1) is 12.4 Å². The number of hydrogen-bond acceptors (Lipinski definition) is 6. The van der Waals surface area contributed by atoms with Crippen LogP contribution in [0.4, 0.5) is 0 Å². The molecule has 0 saturated carbocycles. The summed E-state index contributed by atoms with van der Waals surface area (Å²) in [7, 11) is -3.84. The lowest BCUT2D eigenvalue weighted by Crippen LogP contribution is -2.38. The Labute approximate surface area is 172 Å². The van der Waals surface area contributed by atoms with Crippen LogP contribution in [0.25, 0.3) is 0 Å². The first kappa shape index (κ1) is 24.2. The average molecular weight is 434 g/mol. The summed E-state index contributed by atoms with van der Waals surface area (Å²) in [5.41, 5.74) is 1.14. The molecule has 2 rings (SSSR count). The largest absolute Gasteiger partial charge is 0.490 e. The number of rotatable bonds is 10. The number of carbonyl (C=O) groups is 1. The Kier molecular flexibility index (Phi) is 10.3. The second kappa shape index (κ2) is 11.9. The Morgan fingerprint density at radius 3 is 2.54 bits per heavy atom. The Hall–Kier alpha value is -1.81. The molecule has 0 atom stereocenters. The van der Waals surface area contributed by atoms with E-state index in [9.17, 15) is 13.2 Å². The summed E-state index contributed by atoms with van der Waals surface area (Å²) in [4.78, 5) is 12.0. The van der Waals surface area contributed by atoms with Crippen molar-refractivity contribution in [2.75, 3.05) is 39.4 Å². The molecule has 1 aromatic rings. The van der Waals surface area contributed by atoms with Crippen LogP contribution in [0.5, 0.6) is 11.5 Å². The lowest BCUT2D eigenvalue weighted by atomic mass is 10.1. The minimum Gasteiger partial charge on any atom is -0.490 e. The van der Waals surface area contributed by atoms with Crippen LogP contribution >= 0.6 is 12.4 Å². The van der Waals surface area contributed by atoms with Gasteiger partial charge in [0.1, 0.15) is 0 Å². The molecular weight excluding hydrogens is 406 g/mol. The number of nitrogens with one attached hydrogen (secondary N) is 3. The summed E-state index contributed by atoms with van der Waals surface area (Å²) in [6, 6.07) is 4.37. The van der Waals surface area contributed by atoms with Crippen LogP contribution in [0, 0.1) is 0 Å². The van der Waals surface area contributed by atoms with Crippen molar-refractivity contribution in [3.63, 3.8) is 0 Å². The van der Waals surface area contributed by atoms with Crippen LogP contribution in [0.3, 0.4) is 0 Å². The first-order chi connectivity index (χ1) is 13.0. The van der Waals surface area contributed by atoms with Gasteiger partial charge in [-0.05, 0) is 38.9 Å². The number of ether oxygens (including phenoxy) is 2. The predicted molar refractivity (Wildman–Crippen MR) is 110 cm³/mol. The second-order valence-electron chi connectivity index (χ2n) is 5.89. The summed E-state index contributed by atoms with van der Waals surface area (Å²) in [5, 5.41) is 5.92. The molecule has 0 spiro atoms. The van der Waals surface area contributed by atoms with E-state index in [0.717, 1.165) is 25.1 Å². The van der Waals surface area contributed by atoms with E-state index >= 15 is 0 Å². The molecule has 28 heavy (non-hydrogen) atoms. The molecule has 0 saturated heterocycles. The van der Waals surface area contributed by atoms with Crippen molar-refractivity contribution in [3.05, 3.63) is 29.8 Å². The topological polar surface area (TPSA) is 106 Å². The third-order valence-corrected chi connectivity index (χ3v) is 5.32. The van der Waals surface area contributed by atoms with Crippen LogP contribution in [-0.2, 0) is 14.8 Å². The molecule has 0 radical (unpaired) electrons. The first-order valence-corrected chi connectivity index (χ1v) is 10.5. The number of sulfonamides is 1. The predicted octanol–water partition coefficient (Wildman–Crippen LogP) is 1.22. The third-order valence-electron chi connectivity index (χ3n) is 3.92. The molecule has 0 bridgehead atoms. The van der Waals surface area contributed by atoms with Crippen molar-refractivity contribution >= 4 is 28.3 Å². The highest BCUT2D eigenvalue weighted by Crippen LogP contribution is 2.30. The zero-order valence-electron chi connectivity index (χ0n) is 16.1. The van der Waals surface area contributed by atoms with Crippen molar-refractivity contribution in [1.82, 2.24) is 15.4 Å². The van der Waals surface area contributed by atoms with Gasteiger partial charge in [0.25, 0.3) is 0 Å². The molecule has 8 nitrogen and oxygen atoms in total. The molecular formula is C18H28ClN3O5S. The fourth-order valence-corrected chi connectivity index (χ4v) is 3.54. The Bertz CT molecular complexity index is 783. The highest BCUT2D eigenvalue weighted by molar-refractivity contribution is 7.89. The van der Waals surface area contributed by atoms with E-state index in [1.807, 2.05) is 13.0 Å². The van der Waals surface area contributed by atoms with Crippen molar-refractivity contribution in [1.29, 1.82) is 0 Å². The van der Waals surface area contributed by atoms with Gasteiger partial charge in [0.05, 0.1) is 24.7 Å². The lowest BCUT2D eigenvalue weighted by molar-refractivity contribution is -0.119. The molecule has 1 aliphatic heterocycles. The van der Waals surface area contributed by atoms with E-state index in [2.05, 4.69) is 15.4 Å². The van der Waals surface area contributed by atoms with Gasteiger partial charge < -0.3 is 20.1 Å². The Morgan fingerprint density at radius 2 is 1.89 bits per heavy atom. The molecule has 1 aromatic carbocycles. The number of amides is 1. The minimum atomic E-state index is -3.84. The van der Waals surface area contributed by atoms with Crippen molar-refractivity contribution in [2.45, 2.75) is 25.2 Å². The summed E-state index contributed by atoms with van der Waals surface area (Å²) in [5.74, 6) is 0.449. The quantitative estimate of drug-likeness (QED) is 0.479. The average Bonchev–Trinajstić information content (AvgIpc) is 2.67. The lowest BCUT2D eigenvalue weighted by Gasteiger charge is -2.15. The van der Waals surface area contributed by atoms with Gasteiger partial charge in [0, 0.05) is 19.2 Å². The normalized spacial score (nSPS) is 13.9. The number of halogens is 1. The summed E-state index contributed by atoms with van der Waals surface area (Å²) in [6.45, 7) is 6.23. The molecule has 0 fully saturated rings. The zero-order valence-corrected chi connectivity index (χ0v) is 17.7. The van der Waals surface area contributed by atoms with E-state index in [-0.39, 0.29) is 29.8 Å². The van der Waals surface area contributed by atoms with Gasteiger partial charge in [0.15, 0.2) is 11.5 Å². The molecule has 10 heteroatoms. The number of benzene rings is 1. The molecule has 158 valence electrons. The zero-order chi connectivity index (χ0) is 19.7. The van der Waals surface area contributed by atoms with Gasteiger partial charge in [-0.1, -0.05) is 11.6 Å². The smallest absolute Gasteiger partial charge is 0.241 e. The Morgan fingerprint density at radius 1 is 1.18 bits per heavy atom. The van der Waals surface area contributed by atoms with Gasteiger partial charge >= 0.3 is 0 Å². The van der Waals surface area contributed by atoms with E-state index in [1.165, 1.54) is 12.1 Å². The maximum absolute atomic E-state index is 12.5. The van der Waals surface area contributed by atoms with Gasteiger partial charge in [-0.2, -0.15) is 0 Å². The maximum Gasteiger partial charge on any atom is 0.241 e. The van der Waals surface area contributed by atoms with Crippen LogP contribution in [0.15, 0.2) is 34.7 Å². The fourth-order valence-electron chi connectivity index (χ4n) is 2.55. The summed E-state index contributed by atoms with van der Waals surface area (Å²) >= 11 is 0. The standard InChI is InChI=1S/C18H27N3O5S.ClH/c1-3-25-16-6-5-15(11-17(16)26-4-2)27(23,24)21-13-18(22)20-12-14-7-9-19-10-8-14;/h5-7,11,19,21H,3-4,8-10,12-13H2,1-2H3,(H,20,22);1H. The fraction of sp³-hybridized carbons (Fsp3) is 0.500. The number of hydrogen-bond donors (Lipinski definition) is 3. The van der Waals surface area contributed by atoms with Gasteiger partial charge in [-0.25, -0.2) is 13.1 Å². The molecule has 0 aliphatic carbocycles. The van der Waals surface area contributed by atoms with Crippen molar-refractivity contribution < 1.29 is 22.7 Å². The molecule has 1 heterocycles. The van der Waals surface area contributed by atoms with Crippen LogP contribution in [0.1, 0.15) is 20.3 Å². The van der Waals surface area contributed by atoms with Crippen LogP contribution in [-0.4, -0.2) is 53.7 Å². The molecule has 0 aromatic heterocycles. The second-order valence-corrected chi connectivity index (χ2v) is 7.66. The van der Waals surface area contributed by atoms with Crippen LogP contribution < -0.4 is 24.8 Å². The third kappa shape index (κ3) is 7.31. The number of carbonyl (C=O) groups excluding carboxylic acids is 1. The first-order valence-electron chi connectivity index (χ1n) is 9.01.